The number of benzene rings is 2. The highest BCUT2D eigenvalue weighted by atomic mass is 16.1. The van der Waals surface area contributed by atoms with E-state index in [1.165, 1.54) is 31.5 Å². The molecular weight excluding hydrogens is 322 g/mol. The molecule has 134 valence electrons. The third-order valence-corrected chi connectivity index (χ3v) is 5.24. The van der Waals surface area contributed by atoms with Gasteiger partial charge in [0.15, 0.2) is 0 Å². The van der Waals surface area contributed by atoms with E-state index in [1.807, 2.05) is 24.4 Å². The number of rotatable bonds is 5. The van der Waals surface area contributed by atoms with E-state index in [1.54, 1.807) is 0 Å². The van der Waals surface area contributed by atoms with Crippen LogP contribution >= 0.6 is 0 Å². The van der Waals surface area contributed by atoms with Gasteiger partial charge in [-0.05, 0) is 61.2 Å². The number of carbonyl (C=O) groups is 1. The fourth-order valence-electron chi connectivity index (χ4n) is 3.69. The molecule has 26 heavy (non-hydrogen) atoms. The molecule has 0 aromatic heterocycles. The van der Waals surface area contributed by atoms with Crippen molar-refractivity contribution >= 4 is 17.2 Å². The summed E-state index contributed by atoms with van der Waals surface area (Å²) in [5.74, 6) is -0.0292. The molecule has 2 aliphatic heterocycles. The topological polar surface area (TPSA) is 44.4 Å². The molecule has 0 spiro atoms. The van der Waals surface area contributed by atoms with Gasteiger partial charge in [-0.15, -0.1) is 0 Å². The molecule has 4 heteroatoms. The number of nitrogens with one attached hydrogen (secondary N) is 2. The van der Waals surface area contributed by atoms with E-state index in [-0.39, 0.29) is 5.91 Å². The van der Waals surface area contributed by atoms with Crippen LogP contribution in [0.2, 0.25) is 0 Å². The highest BCUT2D eigenvalue weighted by Gasteiger charge is 2.20. The molecule has 0 saturated carbocycles. The van der Waals surface area contributed by atoms with Crippen LogP contribution in [0.15, 0.2) is 54.7 Å². The molecule has 4 nitrogen and oxygen atoms in total. The number of nitrogens with zero attached hydrogens (tertiary/aromatic N) is 1. The van der Waals surface area contributed by atoms with Crippen LogP contribution in [0.3, 0.4) is 0 Å². The summed E-state index contributed by atoms with van der Waals surface area (Å²) in [4.78, 5) is 14.8. The molecule has 2 aliphatic rings. The zero-order valence-corrected chi connectivity index (χ0v) is 15.0. The summed E-state index contributed by atoms with van der Waals surface area (Å²) < 4.78 is 0. The van der Waals surface area contributed by atoms with Crippen molar-refractivity contribution in [2.45, 2.75) is 25.8 Å². The van der Waals surface area contributed by atoms with Gasteiger partial charge in [0.1, 0.15) is 0 Å². The second-order valence-electron chi connectivity index (χ2n) is 7.04. The van der Waals surface area contributed by atoms with Crippen LogP contribution in [0.1, 0.15) is 29.5 Å². The first-order valence-electron chi connectivity index (χ1n) is 9.44. The van der Waals surface area contributed by atoms with Crippen LogP contribution < -0.4 is 10.6 Å². The fraction of sp³-hybridized carbons (Fsp3) is 0.318. The van der Waals surface area contributed by atoms with E-state index in [4.69, 9.17) is 0 Å². The number of hydrogen-bond donors (Lipinski definition) is 2. The van der Waals surface area contributed by atoms with Gasteiger partial charge in [0.05, 0.1) is 5.57 Å². The minimum absolute atomic E-state index is 0.0292. The lowest BCUT2D eigenvalue weighted by atomic mass is 9.96. The maximum atomic E-state index is 12.2. The number of hydrogen-bond acceptors (Lipinski definition) is 3. The molecule has 2 aromatic rings. The Hall–Kier alpha value is -2.59. The number of fused-ring (bicyclic) bond motifs is 1. The smallest absolute Gasteiger partial charge is 0.253 e. The Morgan fingerprint density at radius 3 is 2.62 bits per heavy atom. The first-order valence-corrected chi connectivity index (χ1v) is 9.44. The lowest BCUT2D eigenvalue weighted by Crippen LogP contribution is -2.29. The molecule has 2 heterocycles. The predicted molar refractivity (Wildman–Crippen MR) is 106 cm³/mol. The fourth-order valence-corrected chi connectivity index (χ4v) is 3.69. The van der Waals surface area contributed by atoms with Crippen LogP contribution in [-0.2, 0) is 17.8 Å². The van der Waals surface area contributed by atoms with Gasteiger partial charge in [0, 0.05) is 25.0 Å². The summed E-state index contributed by atoms with van der Waals surface area (Å²) in [5, 5.41) is 6.20. The van der Waals surface area contributed by atoms with Crippen molar-refractivity contribution in [3.05, 3.63) is 71.4 Å². The molecule has 0 radical (unpaired) electrons. The van der Waals surface area contributed by atoms with Crippen molar-refractivity contribution in [3.8, 4) is 0 Å². The molecule has 2 N–H and O–H groups in total. The summed E-state index contributed by atoms with van der Waals surface area (Å²) in [5.41, 5.74) is 5.20. The average Bonchev–Trinajstić information content (AvgIpc) is 3.20. The molecule has 0 atom stereocenters. The minimum atomic E-state index is -0.0292. The van der Waals surface area contributed by atoms with Crippen molar-refractivity contribution < 1.29 is 4.79 Å². The first-order chi connectivity index (χ1) is 12.8. The number of carbonyl (C=O) groups excluding carboxylic acids is 1. The van der Waals surface area contributed by atoms with Crippen molar-refractivity contribution in [2.75, 3.05) is 25.0 Å². The van der Waals surface area contributed by atoms with E-state index >= 15 is 0 Å². The normalized spacial score (nSPS) is 18.6. The third kappa shape index (κ3) is 3.81. The Morgan fingerprint density at radius 1 is 1.04 bits per heavy atom. The van der Waals surface area contributed by atoms with E-state index in [9.17, 15) is 4.79 Å². The summed E-state index contributed by atoms with van der Waals surface area (Å²) in [6, 6.07) is 16.5. The van der Waals surface area contributed by atoms with E-state index < -0.39 is 0 Å². The summed E-state index contributed by atoms with van der Waals surface area (Å²) in [6.07, 6.45) is 5.59. The molecule has 0 unspecified atom stereocenters. The lowest BCUT2D eigenvalue weighted by Gasteiger charge is -2.19. The Morgan fingerprint density at radius 2 is 1.81 bits per heavy atom. The highest BCUT2D eigenvalue weighted by molar-refractivity contribution is 6.21. The van der Waals surface area contributed by atoms with Gasteiger partial charge in [-0.1, -0.05) is 36.4 Å². The molecular formula is C22H25N3O. The van der Waals surface area contributed by atoms with Gasteiger partial charge in [0.2, 0.25) is 0 Å². The summed E-state index contributed by atoms with van der Waals surface area (Å²) in [6.45, 7) is 4.24. The molecule has 1 saturated heterocycles. The second-order valence-corrected chi connectivity index (χ2v) is 7.04. The van der Waals surface area contributed by atoms with Crippen LogP contribution in [0.5, 0.6) is 0 Å². The Balaban J connectivity index is 1.41. The predicted octanol–water partition coefficient (Wildman–Crippen LogP) is 3.41. The quantitative estimate of drug-likeness (QED) is 0.815. The molecule has 1 fully saturated rings. The van der Waals surface area contributed by atoms with Gasteiger partial charge >= 0.3 is 0 Å². The summed E-state index contributed by atoms with van der Waals surface area (Å²) >= 11 is 0. The standard InChI is InChI=1S/C22H25N3O/c26-22-21(20-6-2-1-5-18(20)15-24-22)16-23-19-9-7-17(8-10-19)11-14-25-12-3-4-13-25/h1-2,5-10,16,23H,3-4,11-15H2,(H,24,26)/b21-16+. The van der Waals surface area contributed by atoms with E-state index in [0.717, 1.165) is 29.8 Å². The van der Waals surface area contributed by atoms with Gasteiger partial charge < -0.3 is 15.5 Å². The average molecular weight is 347 g/mol. The van der Waals surface area contributed by atoms with Crippen LogP contribution in [0.4, 0.5) is 5.69 Å². The van der Waals surface area contributed by atoms with Crippen molar-refractivity contribution in [3.63, 3.8) is 0 Å². The maximum absolute atomic E-state index is 12.2. The van der Waals surface area contributed by atoms with Gasteiger partial charge in [-0.25, -0.2) is 0 Å². The number of likely N-dealkylation sites (tertiary alicyclic amines) is 1. The monoisotopic (exact) mass is 347 g/mol. The zero-order valence-electron chi connectivity index (χ0n) is 15.0. The Kier molecular flexibility index (Phi) is 5.02. The number of anilines is 1. The second kappa shape index (κ2) is 7.75. The SMILES string of the molecule is O=C1NCc2ccccc2/C1=C\Nc1ccc(CCN2CCCC2)cc1. The summed E-state index contributed by atoms with van der Waals surface area (Å²) in [7, 11) is 0. The lowest BCUT2D eigenvalue weighted by molar-refractivity contribution is -0.116. The molecule has 1 amide bonds. The molecule has 0 aliphatic carbocycles. The zero-order chi connectivity index (χ0) is 17.8. The number of amides is 1. The van der Waals surface area contributed by atoms with Crippen molar-refractivity contribution in [1.29, 1.82) is 0 Å². The maximum Gasteiger partial charge on any atom is 0.253 e. The Bertz CT molecular complexity index is 804. The van der Waals surface area contributed by atoms with E-state index in [0.29, 0.717) is 12.1 Å². The van der Waals surface area contributed by atoms with Gasteiger partial charge in [-0.3, -0.25) is 4.79 Å². The minimum Gasteiger partial charge on any atom is -0.361 e. The Labute approximate surface area is 154 Å². The largest absolute Gasteiger partial charge is 0.361 e. The van der Waals surface area contributed by atoms with Crippen molar-refractivity contribution in [1.82, 2.24) is 10.2 Å². The van der Waals surface area contributed by atoms with Crippen LogP contribution in [-0.4, -0.2) is 30.4 Å². The molecule has 0 bridgehead atoms. The first kappa shape index (κ1) is 16.9. The van der Waals surface area contributed by atoms with Crippen LogP contribution in [0.25, 0.3) is 5.57 Å². The molecule has 4 rings (SSSR count). The third-order valence-electron chi connectivity index (χ3n) is 5.24. The molecule has 2 aromatic carbocycles. The van der Waals surface area contributed by atoms with Crippen molar-refractivity contribution in [2.24, 2.45) is 0 Å². The van der Waals surface area contributed by atoms with Gasteiger partial charge in [-0.2, -0.15) is 0 Å². The highest BCUT2D eigenvalue weighted by Crippen LogP contribution is 2.24. The van der Waals surface area contributed by atoms with Gasteiger partial charge in [0.25, 0.3) is 5.91 Å². The van der Waals surface area contributed by atoms with E-state index in [2.05, 4.69) is 45.9 Å². The van der Waals surface area contributed by atoms with Crippen LogP contribution in [0, 0.1) is 0 Å².